The minimum Gasteiger partial charge on any atom is -0.481 e. The highest BCUT2D eigenvalue weighted by Crippen LogP contribution is 2.29. The van der Waals surface area contributed by atoms with E-state index in [-0.39, 0.29) is 21.4 Å². The van der Waals surface area contributed by atoms with Gasteiger partial charge in [0, 0.05) is 11.5 Å². The second kappa shape index (κ2) is 5.52. The van der Waals surface area contributed by atoms with Crippen LogP contribution in [-0.4, -0.2) is 16.9 Å². The number of halogens is 2. The molecule has 0 radical (unpaired) electrons. The number of rotatable bonds is 4. The van der Waals surface area contributed by atoms with E-state index in [2.05, 4.69) is 0 Å². The van der Waals surface area contributed by atoms with E-state index < -0.39 is 17.8 Å². The number of carbonyl (C=O) groups excluding carboxylic acids is 1. The fourth-order valence-corrected chi connectivity index (χ4v) is 1.77. The fourth-order valence-electron chi connectivity index (χ4n) is 1.38. The van der Waals surface area contributed by atoms with E-state index in [0.29, 0.717) is 0 Å². The standard InChI is InChI=1S/C12H12Cl2O3/c1-6(7(2)12(16)17)11(15)8-4-3-5-9(13)10(8)14/h3-7H,1-2H3,(H,16,17). The molecule has 1 aromatic carbocycles. The maximum Gasteiger partial charge on any atom is 0.306 e. The fraction of sp³-hybridized carbons (Fsp3) is 0.333. The maximum absolute atomic E-state index is 12.1. The van der Waals surface area contributed by atoms with Crippen LogP contribution in [0, 0.1) is 11.8 Å². The van der Waals surface area contributed by atoms with Crippen LogP contribution in [0.4, 0.5) is 0 Å². The molecule has 0 heterocycles. The lowest BCUT2D eigenvalue weighted by Crippen LogP contribution is -2.25. The highest BCUT2D eigenvalue weighted by molar-refractivity contribution is 6.44. The number of ketones is 1. The van der Waals surface area contributed by atoms with E-state index in [4.69, 9.17) is 28.3 Å². The second-order valence-electron chi connectivity index (χ2n) is 3.88. The van der Waals surface area contributed by atoms with Crippen molar-refractivity contribution in [3.05, 3.63) is 33.8 Å². The monoisotopic (exact) mass is 274 g/mol. The first kappa shape index (κ1) is 14.0. The van der Waals surface area contributed by atoms with Crippen LogP contribution in [0.2, 0.25) is 10.0 Å². The summed E-state index contributed by atoms with van der Waals surface area (Å²) in [6.45, 7) is 3.06. The third-order valence-electron chi connectivity index (χ3n) is 2.77. The van der Waals surface area contributed by atoms with Crippen molar-refractivity contribution in [1.82, 2.24) is 0 Å². The lowest BCUT2D eigenvalue weighted by molar-refractivity contribution is -0.142. The molecule has 0 aliphatic heterocycles. The number of hydrogen-bond acceptors (Lipinski definition) is 2. The Bertz CT molecular complexity index is 457. The Balaban J connectivity index is 3.05. The van der Waals surface area contributed by atoms with E-state index in [9.17, 15) is 9.59 Å². The first-order valence-corrected chi connectivity index (χ1v) is 5.83. The van der Waals surface area contributed by atoms with Crippen LogP contribution in [0.3, 0.4) is 0 Å². The summed E-state index contributed by atoms with van der Waals surface area (Å²) in [5.74, 6) is -2.74. The van der Waals surface area contributed by atoms with Gasteiger partial charge in [-0.2, -0.15) is 0 Å². The van der Waals surface area contributed by atoms with Gasteiger partial charge >= 0.3 is 5.97 Å². The molecule has 1 aromatic rings. The Labute approximate surface area is 109 Å². The average Bonchev–Trinajstić information content (AvgIpc) is 2.29. The number of hydrogen-bond donors (Lipinski definition) is 1. The first-order valence-electron chi connectivity index (χ1n) is 5.07. The second-order valence-corrected chi connectivity index (χ2v) is 4.67. The van der Waals surface area contributed by atoms with Crippen molar-refractivity contribution in [2.24, 2.45) is 11.8 Å². The Morgan fingerprint density at radius 1 is 1.18 bits per heavy atom. The number of carboxylic acids is 1. The molecule has 0 saturated heterocycles. The van der Waals surface area contributed by atoms with Crippen molar-refractivity contribution >= 4 is 35.0 Å². The lowest BCUT2D eigenvalue weighted by atomic mass is 9.88. The highest BCUT2D eigenvalue weighted by atomic mass is 35.5. The van der Waals surface area contributed by atoms with Crippen molar-refractivity contribution in [3.8, 4) is 0 Å². The molecule has 2 unspecified atom stereocenters. The summed E-state index contributed by atoms with van der Waals surface area (Å²) in [6.07, 6.45) is 0. The summed E-state index contributed by atoms with van der Waals surface area (Å²) in [5.41, 5.74) is 0.264. The molecule has 2 atom stereocenters. The quantitative estimate of drug-likeness (QED) is 0.855. The van der Waals surface area contributed by atoms with Crippen molar-refractivity contribution in [1.29, 1.82) is 0 Å². The van der Waals surface area contributed by atoms with Crippen molar-refractivity contribution < 1.29 is 14.7 Å². The molecule has 0 aliphatic carbocycles. The smallest absolute Gasteiger partial charge is 0.306 e. The summed E-state index contributed by atoms with van der Waals surface area (Å²) >= 11 is 11.7. The van der Waals surface area contributed by atoms with Gasteiger partial charge < -0.3 is 5.11 Å². The molecule has 1 rings (SSSR count). The van der Waals surface area contributed by atoms with E-state index in [1.165, 1.54) is 6.92 Å². The average molecular weight is 275 g/mol. The number of carboxylic acid groups (broad SMARTS) is 1. The normalized spacial score (nSPS) is 14.1. The topological polar surface area (TPSA) is 54.4 Å². The molecule has 3 nitrogen and oxygen atoms in total. The Morgan fingerprint density at radius 3 is 2.29 bits per heavy atom. The number of Topliss-reactive ketones (excluding diaryl/α,β-unsaturated/α-hetero) is 1. The lowest BCUT2D eigenvalue weighted by Gasteiger charge is -2.15. The van der Waals surface area contributed by atoms with Gasteiger partial charge in [0.2, 0.25) is 0 Å². The van der Waals surface area contributed by atoms with Crippen LogP contribution in [0.25, 0.3) is 0 Å². The van der Waals surface area contributed by atoms with Crippen LogP contribution in [0.15, 0.2) is 18.2 Å². The molecular weight excluding hydrogens is 263 g/mol. The molecule has 0 saturated carbocycles. The summed E-state index contributed by atoms with van der Waals surface area (Å²) in [7, 11) is 0. The molecule has 0 bridgehead atoms. The molecule has 0 aromatic heterocycles. The zero-order valence-corrected chi connectivity index (χ0v) is 10.9. The molecule has 0 fully saturated rings. The van der Waals surface area contributed by atoms with Crippen LogP contribution in [0.1, 0.15) is 24.2 Å². The molecule has 1 N–H and O–H groups in total. The first-order chi connectivity index (χ1) is 7.86. The number of carbonyl (C=O) groups is 2. The Morgan fingerprint density at radius 2 is 1.76 bits per heavy atom. The highest BCUT2D eigenvalue weighted by Gasteiger charge is 2.28. The van der Waals surface area contributed by atoms with E-state index in [1.807, 2.05) is 0 Å². The van der Waals surface area contributed by atoms with Gasteiger partial charge in [-0.15, -0.1) is 0 Å². The van der Waals surface area contributed by atoms with Crippen LogP contribution >= 0.6 is 23.2 Å². The zero-order valence-electron chi connectivity index (χ0n) is 9.41. The molecular formula is C12H12Cl2O3. The minimum absolute atomic E-state index is 0.170. The van der Waals surface area contributed by atoms with Gasteiger partial charge in [0.15, 0.2) is 5.78 Å². The predicted molar refractivity (Wildman–Crippen MR) is 66.8 cm³/mol. The third-order valence-corrected chi connectivity index (χ3v) is 3.59. The summed E-state index contributed by atoms with van der Waals surface area (Å²) in [4.78, 5) is 22.9. The van der Waals surface area contributed by atoms with E-state index >= 15 is 0 Å². The van der Waals surface area contributed by atoms with Gasteiger partial charge in [-0.05, 0) is 12.1 Å². The van der Waals surface area contributed by atoms with Gasteiger partial charge in [0.05, 0.1) is 16.0 Å². The van der Waals surface area contributed by atoms with Crippen LogP contribution in [0.5, 0.6) is 0 Å². The van der Waals surface area contributed by atoms with Crippen molar-refractivity contribution in [3.63, 3.8) is 0 Å². The Kier molecular flexibility index (Phi) is 4.54. The van der Waals surface area contributed by atoms with Crippen molar-refractivity contribution in [2.45, 2.75) is 13.8 Å². The molecule has 0 amide bonds. The van der Waals surface area contributed by atoms with Gasteiger partial charge in [-0.3, -0.25) is 9.59 Å². The molecule has 92 valence electrons. The van der Waals surface area contributed by atoms with Gasteiger partial charge in [0.1, 0.15) is 0 Å². The maximum atomic E-state index is 12.1. The minimum atomic E-state index is -1.01. The number of aliphatic carboxylic acids is 1. The van der Waals surface area contributed by atoms with E-state index in [0.717, 1.165) is 0 Å². The van der Waals surface area contributed by atoms with E-state index in [1.54, 1.807) is 25.1 Å². The van der Waals surface area contributed by atoms with Crippen molar-refractivity contribution in [2.75, 3.05) is 0 Å². The third kappa shape index (κ3) is 2.99. The summed E-state index contributed by atoms with van der Waals surface area (Å²) in [5, 5.41) is 9.32. The Hall–Kier alpha value is -1.06. The predicted octanol–water partition coefficient (Wildman–Crippen LogP) is 3.53. The molecule has 0 spiro atoms. The number of benzene rings is 1. The zero-order chi connectivity index (χ0) is 13.2. The summed E-state index contributed by atoms with van der Waals surface area (Å²) < 4.78 is 0. The molecule has 17 heavy (non-hydrogen) atoms. The molecule has 5 heteroatoms. The van der Waals surface area contributed by atoms with Gasteiger partial charge in [-0.25, -0.2) is 0 Å². The molecule has 0 aliphatic rings. The van der Waals surface area contributed by atoms with Crippen LogP contribution < -0.4 is 0 Å². The van der Waals surface area contributed by atoms with Gasteiger partial charge in [0.25, 0.3) is 0 Å². The van der Waals surface area contributed by atoms with Crippen LogP contribution in [-0.2, 0) is 4.79 Å². The SMILES string of the molecule is CC(C(=O)O)C(C)C(=O)c1cccc(Cl)c1Cl. The van der Waals surface area contributed by atoms with Gasteiger partial charge in [-0.1, -0.05) is 43.1 Å². The largest absolute Gasteiger partial charge is 0.481 e. The summed E-state index contributed by atoms with van der Waals surface area (Å²) in [6, 6.07) is 4.73.